The average Bonchev–Trinajstić information content (AvgIpc) is 2.84. The topological polar surface area (TPSA) is 41.1 Å². The summed E-state index contributed by atoms with van der Waals surface area (Å²) < 4.78 is 0.723. The van der Waals surface area contributed by atoms with E-state index in [1.165, 1.54) is 11.3 Å². The number of nitrogens with one attached hydrogen (secondary N) is 2. The summed E-state index contributed by atoms with van der Waals surface area (Å²) in [5.41, 5.74) is 1.03. The minimum atomic E-state index is -0.193. The summed E-state index contributed by atoms with van der Waals surface area (Å²) >= 11 is 13.3. The van der Waals surface area contributed by atoms with E-state index < -0.39 is 0 Å². The van der Waals surface area contributed by atoms with Crippen molar-refractivity contribution in [3.05, 3.63) is 56.2 Å². The minimum Gasteiger partial charge on any atom is -0.338 e. The van der Waals surface area contributed by atoms with Crippen molar-refractivity contribution in [1.82, 2.24) is 10.6 Å². The summed E-state index contributed by atoms with van der Waals surface area (Å²) in [7, 11) is 0. The van der Waals surface area contributed by atoms with Gasteiger partial charge in [0.1, 0.15) is 0 Å². The molecule has 0 bridgehead atoms. The molecular weight excluding hydrogens is 315 g/mol. The van der Waals surface area contributed by atoms with Gasteiger partial charge < -0.3 is 10.6 Å². The summed E-state index contributed by atoms with van der Waals surface area (Å²) in [6.07, 6.45) is 0.706. The second-order valence-electron chi connectivity index (χ2n) is 4.16. The van der Waals surface area contributed by atoms with E-state index in [9.17, 15) is 4.79 Å². The molecule has 0 radical (unpaired) electrons. The third-order valence-corrected chi connectivity index (χ3v) is 4.29. The lowest BCUT2D eigenvalue weighted by Gasteiger charge is -2.07. The van der Waals surface area contributed by atoms with Crippen molar-refractivity contribution in [2.75, 3.05) is 6.54 Å². The van der Waals surface area contributed by atoms with Crippen LogP contribution in [-0.2, 0) is 13.0 Å². The van der Waals surface area contributed by atoms with Crippen molar-refractivity contribution >= 4 is 40.6 Å². The molecule has 0 fully saturated rings. The zero-order valence-corrected chi connectivity index (χ0v) is 13.0. The average molecular weight is 329 g/mol. The third kappa shape index (κ3) is 4.71. The lowest BCUT2D eigenvalue weighted by Crippen LogP contribution is -2.36. The van der Waals surface area contributed by atoms with Crippen LogP contribution in [0.1, 0.15) is 10.4 Å². The molecule has 1 aromatic heterocycles. The molecule has 0 saturated carbocycles. The monoisotopic (exact) mass is 328 g/mol. The van der Waals surface area contributed by atoms with Crippen LogP contribution in [0.15, 0.2) is 36.4 Å². The number of hydrogen-bond acceptors (Lipinski definition) is 2. The number of benzene rings is 1. The van der Waals surface area contributed by atoms with Crippen molar-refractivity contribution in [3.63, 3.8) is 0 Å². The van der Waals surface area contributed by atoms with Gasteiger partial charge in [-0.05, 0) is 30.2 Å². The van der Waals surface area contributed by atoms with Crippen LogP contribution in [0.3, 0.4) is 0 Å². The molecule has 0 unspecified atom stereocenters. The zero-order valence-electron chi connectivity index (χ0n) is 10.7. The Balaban J connectivity index is 1.69. The largest absolute Gasteiger partial charge is 0.338 e. The molecule has 20 heavy (non-hydrogen) atoms. The maximum absolute atomic E-state index is 11.6. The number of amides is 2. The van der Waals surface area contributed by atoms with Crippen LogP contribution < -0.4 is 10.6 Å². The highest BCUT2D eigenvalue weighted by Crippen LogP contribution is 2.20. The Kier molecular flexibility index (Phi) is 5.71. The molecule has 1 heterocycles. The zero-order chi connectivity index (χ0) is 14.4. The quantitative estimate of drug-likeness (QED) is 0.852. The fourth-order valence-electron chi connectivity index (χ4n) is 1.69. The van der Waals surface area contributed by atoms with Gasteiger partial charge in [0.25, 0.3) is 0 Å². The number of urea groups is 1. The number of rotatable bonds is 5. The van der Waals surface area contributed by atoms with Gasteiger partial charge in [0.05, 0.1) is 10.9 Å². The number of hydrogen-bond donors (Lipinski definition) is 2. The van der Waals surface area contributed by atoms with Crippen LogP contribution in [0, 0.1) is 0 Å². The maximum Gasteiger partial charge on any atom is 0.315 e. The predicted octanol–water partition coefficient (Wildman–Crippen LogP) is 4.10. The predicted molar refractivity (Wildman–Crippen MR) is 84.7 cm³/mol. The Hall–Kier alpha value is -1.23. The van der Waals surface area contributed by atoms with E-state index in [0.29, 0.717) is 19.5 Å². The molecule has 0 atom stereocenters. The van der Waals surface area contributed by atoms with Gasteiger partial charge in [-0.3, -0.25) is 0 Å². The van der Waals surface area contributed by atoms with E-state index >= 15 is 0 Å². The Bertz CT molecular complexity index is 586. The molecule has 0 saturated heterocycles. The second-order valence-corrected chi connectivity index (χ2v) is 6.36. The molecular formula is C14H14Cl2N2OS. The third-order valence-electron chi connectivity index (χ3n) is 2.69. The van der Waals surface area contributed by atoms with E-state index in [1.54, 1.807) is 0 Å². The van der Waals surface area contributed by atoms with E-state index in [0.717, 1.165) is 19.8 Å². The van der Waals surface area contributed by atoms with E-state index in [2.05, 4.69) is 10.6 Å². The lowest BCUT2D eigenvalue weighted by atomic mass is 10.1. The normalized spacial score (nSPS) is 10.3. The summed E-state index contributed by atoms with van der Waals surface area (Å²) in [5, 5.41) is 6.31. The molecule has 2 aromatic rings. The van der Waals surface area contributed by atoms with Gasteiger partial charge in [0.2, 0.25) is 0 Å². The first kappa shape index (κ1) is 15.2. The van der Waals surface area contributed by atoms with Crippen molar-refractivity contribution in [1.29, 1.82) is 0 Å². The Morgan fingerprint density at radius 2 is 1.90 bits per heavy atom. The van der Waals surface area contributed by atoms with Crippen LogP contribution in [0.5, 0.6) is 0 Å². The van der Waals surface area contributed by atoms with E-state index in [-0.39, 0.29) is 6.03 Å². The van der Waals surface area contributed by atoms with Crippen LogP contribution in [0.4, 0.5) is 4.79 Å². The Morgan fingerprint density at radius 3 is 2.60 bits per heavy atom. The number of carbonyl (C=O) groups excluding carboxylic acids is 1. The Labute approximate surface area is 131 Å². The highest BCUT2D eigenvalue weighted by molar-refractivity contribution is 7.16. The van der Waals surface area contributed by atoms with Gasteiger partial charge in [-0.1, -0.05) is 41.4 Å². The first-order valence-corrected chi connectivity index (χ1v) is 7.72. The number of halogens is 2. The second kappa shape index (κ2) is 7.53. The fourth-order valence-corrected chi connectivity index (χ4v) is 2.95. The smallest absolute Gasteiger partial charge is 0.315 e. The summed E-state index contributed by atoms with van der Waals surface area (Å²) in [4.78, 5) is 12.6. The van der Waals surface area contributed by atoms with E-state index in [4.69, 9.17) is 23.2 Å². The maximum atomic E-state index is 11.6. The van der Waals surface area contributed by atoms with E-state index in [1.807, 2.05) is 36.4 Å². The molecule has 2 amide bonds. The molecule has 0 aliphatic carbocycles. The van der Waals surface area contributed by atoms with Crippen LogP contribution in [-0.4, -0.2) is 12.6 Å². The molecule has 1 aromatic carbocycles. The molecule has 106 valence electrons. The SMILES string of the molecule is O=C(NCCc1ccccc1Cl)NCc1ccc(Cl)s1. The van der Waals surface area contributed by atoms with Gasteiger partial charge in [-0.2, -0.15) is 0 Å². The number of carbonyl (C=O) groups is 1. The first-order chi connectivity index (χ1) is 9.65. The summed E-state index contributed by atoms with van der Waals surface area (Å²) in [5.74, 6) is 0. The molecule has 2 rings (SSSR count). The number of thiophene rings is 1. The van der Waals surface area contributed by atoms with Crippen molar-refractivity contribution in [2.24, 2.45) is 0 Å². The molecule has 6 heteroatoms. The molecule has 0 spiro atoms. The van der Waals surface area contributed by atoms with Crippen molar-refractivity contribution in [2.45, 2.75) is 13.0 Å². The fraction of sp³-hybridized carbons (Fsp3) is 0.214. The van der Waals surface area contributed by atoms with Gasteiger partial charge >= 0.3 is 6.03 Å². The van der Waals surface area contributed by atoms with Gasteiger partial charge in [-0.15, -0.1) is 11.3 Å². The highest BCUT2D eigenvalue weighted by atomic mass is 35.5. The standard InChI is InChI=1S/C14H14Cl2N2OS/c15-12-4-2-1-3-10(12)7-8-17-14(19)18-9-11-5-6-13(16)20-11/h1-6H,7-9H2,(H2,17,18,19). The van der Waals surface area contributed by atoms with Crippen LogP contribution in [0.2, 0.25) is 9.36 Å². The van der Waals surface area contributed by atoms with Crippen molar-refractivity contribution in [3.8, 4) is 0 Å². The minimum absolute atomic E-state index is 0.193. The summed E-state index contributed by atoms with van der Waals surface area (Å²) in [6, 6.07) is 11.1. The van der Waals surface area contributed by atoms with Gasteiger partial charge in [-0.25, -0.2) is 4.79 Å². The highest BCUT2D eigenvalue weighted by Gasteiger charge is 2.03. The molecule has 2 N–H and O–H groups in total. The van der Waals surface area contributed by atoms with Gasteiger partial charge in [0, 0.05) is 16.4 Å². The van der Waals surface area contributed by atoms with Crippen LogP contribution >= 0.6 is 34.5 Å². The molecule has 0 aliphatic heterocycles. The van der Waals surface area contributed by atoms with Gasteiger partial charge in [0.15, 0.2) is 0 Å². The Morgan fingerprint density at radius 1 is 1.10 bits per heavy atom. The van der Waals surface area contributed by atoms with Crippen LogP contribution in [0.25, 0.3) is 0 Å². The lowest BCUT2D eigenvalue weighted by molar-refractivity contribution is 0.240. The molecule has 3 nitrogen and oxygen atoms in total. The first-order valence-electron chi connectivity index (χ1n) is 6.14. The summed E-state index contributed by atoms with van der Waals surface area (Å²) in [6.45, 7) is 1.02. The van der Waals surface area contributed by atoms with Crippen molar-refractivity contribution < 1.29 is 4.79 Å². The molecule has 0 aliphatic rings.